The molecule has 1 saturated carbocycles. The van der Waals surface area contributed by atoms with Crippen molar-refractivity contribution < 1.29 is 33.6 Å². The van der Waals surface area contributed by atoms with Crippen LogP contribution in [-0.2, 0) is 43.2 Å². The summed E-state index contributed by atoms with van der Waals surface area (Å²) >= 11 is 0. The first-order chi connectivity index (χ1) is 21.3. The van der Waals surface area contributed by atoms with Crippen LogP contribution in [0, 0.1) is 0 Å². The molecule has 0 spiro atoms. The quantitative estimate of drug-likeness (QED) is 0.128. The monoisotopic (exact) mass is 622 g/mol. The Labute approximate surface area is 264 Å². The molecular formula is C36H50O7Si. The highest BCUT2D eigenvalue weighted by Gasteiger charge is 2.52. The maximum atomic E-state index is 11.4. The zero-order valence-corrected chi connectivity index (χ0v) is 27.4. The van der Waals surface area contributed by atoms with E-state index < -0.39 is 44.9 Å². The highest BCUT2D eigenvalue weighted by Crippen LogP contribution is 2.32. The highest BCUT2D eigenvalue weighted by molar-refractivity contribution is 6.69. The minimum atomic E-state index is -1.49. The first-order valence-corrected chi connectivity index (χ1v) is 19.3. The molecule has 1 fully saturated rings. The molecule has 0 heterocycles. The molecule has 0 saturated heterocycles. The van der Waals surface area contributed by atoms with E-state index in [2.05, 4.69) is 19.6 Å². The van der Waals surface area contributed by atoms with E-state index >= 15 is 0 Å². The van der Waals surface area contributed by atoms with Crippen molar-refractivity contribution in [1.29, 1.82) is 0 Å². The van der Waals surface area contributed by atoms with Gasteiger partial charge >= 0.3 is 0 Å². The normalized spacial score (nSPS) is 23.9. The van der Waals surface area contributed by atoms with Crippen molar-refractivity contribution in [2.24, 2.45) is 0 Å². The van der Waals surface area contributed by atoms with Crippen LogP contribution in [0.3, 0.4) is 0 Å². The molecule has 0 aliphatic heterocycles. The predicted octanol–water partition coefficient (Wildman–Crippen LogP) is 6.28. The van der Waals surface area contributed by atoms with Gasteiger partial charge in [-0.1, -0.05) is 104 Å². The van der Waals surface area contributed by atoms with Crippen LogP contribution >= 0.6 is 0 Å². The van der Waals surface area contributed by atoms with E-state index in [-0.39, 0.29) is 6.61 Å². The number of hydrogen-bond donors (Lipinski definition) is 2. The number of ether oxygens (including phenoxy) is 4. The average Bonchev–Trinajstić information content (AvgIpc) is 3.03. The van der Waals surface area contributed by atoms with E-state index in [1.165, 1.54) is 0 Å². The van der Waals surface area contributed by atoms with Crippen molar-refractivity contribution >= 4 is 8.32 Å². The van der Waals surface area contributed by atoms with E-state index in [1.807, 2.05) is 91.0 Å². The van der Waals surface area contributed by atoms with Crippen molar-refractivity contribution in [3.63, 3.8) is 0 Å². The van der Waals surface area contributed by atoms with Gasteiger partial charge in [0.15, 0.2) is 8.32 Å². The van der Waals surface area contributed by atoms with Gasteiger partial charge in [0.2, 0.25) is 0 Å². The number of unbranched alkanes of at least 4 members (excludes halogenated alkanes) is 3. The van der Waals surface area contributed by atoms with Gasteiger partial charge in [-0.25, -0.2) is 0 Å². The number of aliphatic hydroxyl groups excluding tert-OH is 2. The summed E-state index contributed by atoms with van der Waals surface area (Å²) < 4.78 is 31.6. The summed E-state index contributed by atoms with van der Waals surface area (Å²) in [4.78, 5) is 0. The van der Waals surface area contributed by atoms with Crippen LogP contribution in [0.1, 0.15) is 42.4 Å². The van der Waals surface area contributed by atoms with Crippen LogP contribution in [0.2, 0.25) is 19.6 Å². The summed E-state index contributed by atoms with van der Waals surface area (Å²) in [6.45, 7) is 8.72. The van der Waals surface area contributed by atoms with E-state index in [1.54, 1.807) is 0 Å². The number of rotatable bonds is 18. The SMILES string of the molecule is C[Si](C)(C)OCCCCCCO[C@H]1[C@@H](O)[C@@H](O)[C@H](OCc2ccccc2)[C@@H](OCc2ccccc2)[C@@H]1OCc1ccccc1. The Hall–Kier alpha value is -2.40. The van der Waals surface area contributed by atoms with Crippen LogP contribution in [-0.4, -0.2) is 68.4 Å². The fraction of sp³-hybridized carbons (Fsp3) is 0.500. The second kappa shape index (κ2) is 17.9. The largest absolute Gasteiger partial charge is 0.418 e. The highest BCUT2D eigenvalue weighted by atomic mass is 28.4. The Balaban J connectivity index is 1.47. The maximum Gasteiger partial charge on any atom is 0.183 e. The molecule has 1 aliphatic carbocycles. The molecule has 3 aromatic carbocycles. The van der Waals surface area contributed by atoms with Gasteiger partial charge in [-0.15, -0.1) is 0 Å². The summed E-state index contributed by atoms with van der Waals surface area (Å²) in [6, 6.07) is 29.6. The van der Waals surface area contributed by atoms with Crippen LogP contribution < -0.4 is 0 Å². The van der Waals surface area contributed by atoms with Crippen molar-refractivity contribution in [2.45, 2.75) is 102 Å². The van der Waals surface area contributed by atoms with E-state index in [0.29, 0.717) is 19.8 Å². The second-order valence-electron chi connectivity index (χ2n) is 12.5. The summed E-state index contributed by atoms with van der Waals surface area (Å²) in [6.07, 6.45) is -1.52. The van der Waals surface area contributed by atoms with Crippen LogP contribution in [0.4, 0.5) is 0 Å². The van der Waals surface area contributed by atoms with E-state index in [9.17, 15) is 10.2 Å². The molecule has 7 nitrogen and oxygen atoms in total. The first-order valence-electron chi connectivity index (χ1n) is 15.9. The van der Waals surface area contributed by atoms with Gasteiger partial charge in [0.05, 0.1) is 19.8 Å². The molecule has 4 rings (SSSR count). The fourth-order valence-corrected chi connectivity index (χ4v) is 6.13. The molecule has 2 N–H and O–H groups in total. The third-order valence-corrected chi connectivity index (χ3v) is 8.80. The molecule has 0 bridgehead atoms. The van der Waals surface area contributed by atoms with Gasteiger partial charge in [0.25, 0.3) is 0 Å². The van der Waals surface area contributed by atoms with Gasteiger partial charge in [-0.2, -0.15) is 0 Å². The van der Waals surface area contributed by atoms with Gasteiger partial charge in [-0.05, 0) is 49.2 Å². The van der Waals surface area contributed by atoms with Gasteiger partial charge in [-0.3, -0.25) is 0 Å². The van der Waals surface area contributed by atoms with Gasteiger partial charge < -0.3 is 33.6 Å². The van der Waals surface area contributed by atoms with Gasteiger partial charge in [0.1, 0.15) is 36.6 Å². The molecule has 3 aromatic rings. The number of hydrogen-bond acceptors (Lipinski definition) is 7. The standard InChI is InChI=1S/C36H50O7Si/c1-44(2,3)43-24-16-5-4-15-23-39-33-31(37)32(38)34(40-25-28-17-9-6-10-18-28)36(42-27-30-21-13-8-14-22-30)35(33)41-26-29-19-11-7-12-20-29/h6-14,17-22,31-38H,4-5,15-16,23-27H2,1-3H3/t31-,32+,33-,34-,35+,36+/m0/s1. The lowest BCUT2D eigenvalue weighted by molar-refractivity contribution is -0.272. The molecule has 0 unspecified atom stereocenters. The first kappa shape index (κ1) is 34.5. The Kier molecular flexibility index (Phi) is 14.0. The lowest BCUT2D eigenvalue weighted by Crippen LogP contribution is -2.66. The molecule has 44 heavy (non-hydrogen) atoms. The molecule has 1 aliphatic rings. The molecule has 0 aromatic heterocycles. The van der Waals surface area contributed by atoms with Crippen LogP contribution in [0.5, 0.6) is 0 Å². The summed E-state index contributed by atoms with van der Waals surface area (Å²) in [5.41, 5.74) is 2.95. The third-order valence-electron chi connectivity index (χ3n) is 7.73. The average molecular weight is 623 g/mol. The van der Waals surface area contributed by atoms with Crippen molar-refractivity contribution in [3.05, 3.63) is 108 Å². The molecule has 0 radical (unpaired) electrons. The summed E-state index contributed by atoms with van der Waals surface area (Å²) in [5, 5.41) is 22.8. The third kappa shape index (κ3) is 11.2. The summed E-state index contributed by atoms with van der Waals surface area (Å²) in [7, 11) is -1.49. The van der Waals surface area contributed by atoms with E-state index in [4.69, 9.17) is 23.4 Å². The topological polar surface area (TPSA) is 86.6 Å². The molecule has 0 amide bonds. The van der Waals surface area contributed by atoms with Crippen molar-refractivity contribution in [1.82, 2.24) is 0 Å². The number of benzene rings is 3. The number of aliphatic hydroxyl groups is 2. The molecule has 240 valence electrons. The second-order valence-corrected chi connectivity index (χ2v) is 17.0. The predicted molar refractivity (Wildman–Crippen MR) is 175 cm³/mol. The molecule has 6 atom stereocenters. The minimum absolute atomic E-state index is 0.263. The lowest BCUT2D eigenvalue weighted by atomic mass is 9.84. The zero-order chi connectivity index (χ0) is 31.2. The minimum Gasteiger partial charge on any atom is -0.418 e. The Bertz CT molecular complexity index is 1180. The Morgan fingerprint density at radius 1 is 0.477 bits per heavy atom. The van der Waals surface area contributed by atoms with Crippen molar-refractivity contribution in [3.8, 4) is 0 Å². The Morgan fingerprint density at radius 3 is 1.25 bits per heavy atom. The van der Waals surface area contributed by atoms with Crippen molar-refractivity contribution in [2.75, 3.05) is 13.2 Å². The summed E-state index contributed by atoms with van der Waals surface area (Å²) in [5.74, 6) is 0. The van der Waals surface area contributed by atoms with E-state index in [0.717, 1.165) is 49.0 Å². The molecular weight excluding hydrogens is 572 g/mol. The lowest BCUT2D eigenvalue weighted by Gasteiger charge is -2.47. The Morgan fingerprint density at radius 2 is 0.841 bits per heavy atom. The zero-order valence-electron chi connectivity index (χ0n) is 26.4. The van der Waals surface area contributed by atoms with Gasteiger partial charge in [0, 0.05) is 13.2 Å². The van der Waals surface area contributed by atoms with Crippen LogP contribution in [0.15, 0.2) is 91.0 Å². The smallest absolute Gasteiger partial charge is 0.183 e. The van der Waals surface area contributed by atoms with Crippen LogP contribution in [0.25, 0.3) is 0 Å². The maximum absolute atomic E-state index is 11.4. The fourth-order valence-electron chi connectivity index (χ4n) is 5.37. The molecule has 8 heteroatoms.